The third-order valence-electron chi connectivity index (χ3n) is 6.29. The Bertz CT molecular complexity index is 1040. The summed E-state index contributed by atoms with van der Waals surface area (Å²) in [7, 11) is 0. The van der Waals surface area contributed by atoms with E-state index in [2.05, 4.69) is 10.6 Å². The van der Waals surface area contributed by atoms with Gasteiger partial charge in [-0.2, -0.15) is 0 Å². The Hall–Kier alpha value is -3.40. The van der Waals surface area contributed by atoms with Gasteiger partial charge in [-0.05, 0) is 43.0 Å². The molecular weight excluding hydrogens is 384 g/mol. The van der Waals surface area contributed by atoms with Crippen LogP contribution in [-0.4, -0.2) is 11.8 Å². The first kappa shape index (κ1) is 20.9. The molecule has 1 fully saturated rings. The number of carbonyl (C=O) groups is 2. The maximum atomic E-state index is 13.5. The lowest BCUT2D eigenvalue weighted by molar-refractivity contribution is -0.121. The van der Waals surface area contributed by atoms with Crippen molar-refractivity contribution >= 4 is 17.5 Å². The molecule has 1 saturated carbocycles. The van der Waals surface area contributed by atoms with E-state index in [0.29, 0.717) is 11.3 Å². The molecule has 0 unspecified atom stereocenters. The van der Waals surface area contributed by atoms with Crippen LogP contribution in [0.2, 0.25) is 0 Å². The number of hydrogen-bond acceptors (Lipinski definition) is 2. The van der Waals surface area contributed by atoms with E-state index >= 15 is 0 Å². The minimum atomic E-state index is -0.540. The highest BCUT2D eigenvalue weighted by molar-refractivity contribution is 6.06. The van der Waals surface area contributed by atoms with E-state index < -0.39 is 5.41 Å². The van der Waals surface area contributed by atoms with E-state index in [0.717, 1.165) is 36.8 Å². The van der Waals surface area contributed by atoms with E-state index in [4.69, 9.17) is 0 Å². The van der Waals surface area contributed by atoms with Gasteiger partial charge in [0, 0.05) is 0 Å². The van der Waals surface area contributed by atoms with Crippen LogP contribution in [0.15, 0.2) is 84.9 Å². The molecule has 0 spiro atoms. The summed E-state index contributed by atoms with van der Waals surface area (Å²) >= 11 is 0. The van der Waals surface area contributed by atoms with Gasteiger partial charge in [0.05, 0.1) is 22.7 Å². The third kappa shape index (κ3) is 4.38. The average molecular weight is 413 g/mol. The van der Waals surface area contributed by atoms with Gasteiger partial charge < -0.3 is 10.6 Å². The first-order chi connectivity index (χ1) is 15.1. The minimum absolute atomic E-state index is 0.0347. The molecule has 31 heavy (non-hydrogen) atoms. The predicted octanol–water partition coefficient (Wildman–Crippen LogP) is 5.63. The molecule has 0 heterocycles. The first-order valence-electron chi connectivity index (χ1n) is 10.9. The van der Waals surface area contributed by atoms with Gasteiger partial charge in [-0.3, -0.25) is 9.59 Å². The number of anilines is 1. The van der Waals surface area contributed by atoms with Crippen molar-refractivity contribution in [2.75, 3.05) is 5.32 Å². The second kappa shape index (κ2) is 9.17. The van der Waals surface area contributed by atoms with Crippen molar-refractivity contribution in [3.63, 3.8) is 0 Å². The Labute approximate surface area is 183 Å². The van der Waals surface area contributed by atoms with E-state index in [1.165, 1.54) is 0 Å². The van der Waals surface area contributed by atoms with Gasteiger partial charge in [0.25, 0.3) is 5.91 Å². The van der Waals surface area contributed by atoms with Gasteiger partial charge in [0.15, 0.2) is 0 Å². The van der Waals surface area contributed by atoms with Crippen molar-refractivity contribution in [1.82, 2.24) is 5.32 Å². The molecular formula is C27H28N2O2. The summed E-state index contributed by atoms with van der Waals surface area (Å²) in [5.41, 5.74) is 2.56. The molecule has 3 aromatic rings. The van der Waals surface area contributed by atoms with Crippen LogP contribution < -0.4 is 10.6 Å². The fourth-order valence-corrected chi connectivity index (χ4v) is 4.51. The Kier molecular flexibility index (Phi) is 6.17. The molecule has 2 amide bonds. The largest absolute Gasteiger partial charge is 0.345 e. The molecule has 2 N–H and O–H groups in total. The lowest BCUT2D eigenvalue weighted by Crippen LogP contribution is -2.38. The normalized spacial score (nSPS) is 15.8. The molecule has 4 heteroatoms. The lowest BCUT2D eigenvalue weighted by atomic mass is 9.78. The Morgan fingerprint density at radius 3 is 2.06 bits per heavy atom. The molecule has 1 aliphatic carbocycles. The second-order valence-corrected chi connectivity index (χ2v) is 8.26. The molecule has 4 rings (SSSR count). The summed E-state index contributed by atoms with van der Waals surface area (Å²) in [6.45, 7) is 1.96. The van der Waals surface area contributed by atoms with Crippen LogP contribution in [0.4, 0.5) is 5.69 Å². The van der Waals surface area contributed by atoms with Crippen LogP contribution in [0.5, 0.6) is 0 Å². The molecule has 158 valence electrons. The fraction of sp³-hybridized carbons (Fsp3) is 0.259. The van der Waals surface area contributed by atoms with E-state index in [1.54, 1.807) is 12.1 Å². The van der Waals surface area contributed by atoms with Crippen LogP contribution in [0.1, 0.15) is 60.1 Å². The van der Waals surface area contributed by atoms with E-state index in [1.807, 2.05) is 79.7 Å². The fourth-order valence-electron chi connectivity index (χ4n) is 4.51. The van der Waals surface area contributed by atoms with Gasteiger partial charge in [-0.25, -0.2) is 0 Å². The Morgan fingerprint density at radius 1 is 0.806 bits per heavy atom. The number of nitrogens with one attached hydrogen (secondary N) is 2. The first-order valence-corrected chi connectivity index (χ1v) is 10.9. The van der Waals surface area contributed by atoms with Crippen molar-refractivity contribution in [2.45, 2.75) is 44.1 Å². The number of carbonyl (C=O) groups excluding carboxylic acids is 2. The highest BCUT2D eigenvalue weighted by Crippen LogP contribution is 2.42. The maximum Gasteiger partial charge on any atom is 0.253 e. The molecule has 3 aromatic carbocycles. The number of amides is 2. The van der Waals surface area contributed by atoms with E-state index in [9.17, 15) is 9.59 Å². The average Bonchev–Trinajstić information content (AvgIpc) is 3.32. The van der Waals surface area contributed by atoms with Crippen LogP contribution in [0, 0.1) is 0 Å². The molecule has 1 aliphatic rings. The van der Waals surface area contributed by atoms with Gasteiger partial charge in [0.1, 0.15) is 0 Å². The lowest BCUT2D eigenvalue weighted by Gasteiger charge is -2.29. The monoisotopic (exact) mass is 412 g/mol. The summed E-state index contributed by atoms with van der Waals surface area (Å²) < 4.78 is 0. The van der Waals surface area contributed by atoms with Crippen LogP contribution in [0.25, 0.3) is 0 Å². The molecule has 0 aromatic heterocycles. The Morgan fingerprint density at radius 2 is 1.39 bits per heavy atom. The predicted molar refractivity (Wildman–Crippen MR) is 124 cm³/mol. The zero-order chi connectivity index (χ0) is 21.7. The number of hydrogen-bond donors (Lipinski definition) is 2. The summed E-state index contributed by atoms with van der Waals surface area (Å²) in [4.78, 5) is 26.6. The van der Waals surface area contributed by atoms with Crippen molar-refractivity contribution in [3.8, 4) is 0 Å². The SMILES string of the molecule is C[C@H](NC(=O)c1ccccc1NC(=O)C1(c2ccccc2)CCCC1)c1ccccc1. The zero-order valence-corrected chi connectivity index (χ0v) is 17.8. The zero-order valence-electron chi connectivity index (χ0n) is 17.8. The molecule has 0 bridgehead atoms. The van der Waals surface area contributed by atoms with E-state index in [-0.39, 0.29) is 17.9 Å². The quantitative estimate of drug-likeness (QED) is 0.551. The van der Waals surface area contributed by atoms with Gasteiger partial charge in [-0.1, -0.05) is 85.6 Å². The van der Waals surface area contributed by atoms with Gasteiger partial charge >= 0.3 is 0 Å². The maximum absolute atomic E-state index is 13.5. The molecule has 0 aliphatic heterocycles. The molecule has 4 nitrogen and oxygen atoms in total. The topological polar surface area (TPSA) is 58.2 Å². The van der Waals surface area contributed by atoms with Crippen LogP contribution in [-0.2, 0) is 10.2 Å². The Balaban J connectivity index is 1.56. The van der Waals surface area contributed by atoms with Crippen LogP contribution in [0.3, 0.4) is 0 Å². The van der Waals surface area contributed by atoms with Crippen molar-refractivity contribution in [2.24, 2.45) is 0 Å². The second-order valence-electron chi connectivity index (χ2n) is 8.26. The standard InChI is InChI=1S/C27H28N2O2/c1-20(21-12-4-2-5-13-21)28-25(30)23-16-8-9-17-24(23)29-26(31)27(18-10-11-19-27)22-14-6-3-7-15-22/h2-9,12-17,20H,10-11,18-19H2,1H3,(H,28,30)(H,29,31)/t20-/m0/s1. The third-order valence-corrected chi connectivity index (χ3v) is 6.29. The number of benzene rings is 3. The number of rotatable bonds is 6. The van der Waals surface area contributed by atoms with Crippen molar-refractivity contribution in [1.29, 1.82) is 0 Å². The molecule has 0 radical (unpaired) electrons. The van der Waals surface area contributed by atoms with Crippen LogP contribution >= 0.6 is 0 Å². The van der Waals surface area contributed by atoms with Gasteiger partial charge in [0.2, 0.25) is 5.91 Å². The summed E-state index contributed by atoms with van der Waals surface area (Å²) in [6.07, 6.45) is 3.70. The number of para-hydroxylation sites is 1. The summed E-state index contributed by atoms with van der Waals surface area (Å²) in [5.74, 6) is -0.236. The minimum Gasteiger partial charge on any atom is -0.345 e. The summed E-state index contributed by atoms with van der Waals surface area (Å²) in [6, 6.07) is 26.9. The molecule has 0 saturated heterocycles. The van der Waals surface area contributed by atoms with Gasteiger partial charge in [-0.15, -0.1) is 0 Å². The highest BCUT2D eigenvalue weighted by atomic mass is 16.2. The molecule has 1 atom stereocenters. The highest BCUT2D eigenvalue weighted by Gasteiger charge is 2.42. The summed E-state index contributed by atoms with van der Waals surface area (Å²) in [5, 5.41) is 6.13. The van der Waals surface area contributed by atoms with Crippen molar-refractivity contribution in [3.05, 3.63) is 102 Å². The smallest absolute Gasteiger partial charge is 0.253 e. The van der Waals surface area contributed by atoms with Crippen molar-refractivity contribution < 1.29 is 9.59 Å².